The Morgan fingerprint density at radius 3 is 2.87 bits per heavy atom. The van der Waals surface area contributed by atoms with Crippen LogP contribution in [0.2, 0.25) is 0 Å². The van der Waals surface area contributed by atoms with Crippen LogP contribution in [-0.4, -0.2) is 10.9 Å². The first-order valence-corrected chi connectivity index (χ1v) is 7.40. The van der Waals surface area contributed by atoms with E-state index in [1.54, 1.807) is 18.3 Å². The van der Waals surface area contributed by atoms with Crippen LogP contribution >= 0.6 is 0 Å². The fourth-order valence-corrected chi connectivity index (χ4v) is 2.93. The molecule has 0 unspecified atom stereocenters. The minimum absolute atomic E-state index is 0.178. The highest BCUT2D eigenvalue weighted by Gasteiger charge is 2.13. The number of carbonyl (C=O) groups is 1. The van der Waals surface area contributed by atoms with Crippen molar-refractivity contribution in [1.82, 2.24) is 10.3 Å². The van der Waals surface area contributed by atoms with Crippen molar-refractivity contribution in [1.29, 1.82) is 5.26 Å². The van der Waals surface area contributed by atoms with Gasteiger partial charge in [0.1, 0.15) is 6.07 Å². The number of nitrogens with zero attached hydrogens (tertiary/aromatic N) is 1. The highest BCUT2D eigenvalue weighted by Crippen LogP contribution is 2.22. The molecule has 0 saturated carbocycles. The van der Waals surface area contributed by atoms with Crippen LogP contribution in [0.4, 0.5) is 5.69 Å². The summed E-state index contributed by atoms with van der Waals surface area (Å²) >= 11 is 0. The molecule has 4 rings (SSSR count). The monoisotopic (exact) mass is 302 g/mol. The number of hydrogen-bond acceptors (Lipinski definition) is 3. The first kappa shape index (κ1) is 13.6. The summed E-state index contributed by atoms with van der Waals surface area (Å²) in [5.41, 5.74) is 5.20. The number of fused-ring (bicyclic) bond motifs is 2. The van der Waals surface area contributed by atoms with Gasteiger partial charge in [0.25, 0.3) is 5.91 Å². The van der Waals surface area contributed by atoms with Crippen molar-refractivity contribution >= 4 is 22.5 Å². The molecule has 1 aliphatic heterocycles. The van der Waals surface area contributed by atoms with Gasteiger partial charge in [0.05, 0.1) is 5.56 Å². The molecule has 0 fully saturated rings. The van der Waals surface area contributed by atoms with Gasteiger partial charge in [0.15, 0.2) is 0 Å². The Labute approximate surface area is 132 Å². The summed E-state index contributed by atoms with van der Waals surface area (Å²) in [5, 5.41) is 16.1. The zero-order chi connectivity index (χ0) is 15.8. The lowest BCUT2D eigenvalue weighted by Gasteiger charge is -2.07. The van der Waals surface area contributed by atoms with Crippen LogP contribution in [0.25, 0.3) is 10.9 Å². The second-order valence-electron chi connectivity index (χ2n) is 5.62. The number of anilines is 1. The standard InChI is InChI=1S/C18H14N4O/c19-7-14-10-21-17-4-2-11(6-16(14)17)18(23)22-15-3-1-12-8-20-9-13(12)5-15/h1-6,10,20-21H,8-9H2,(H,22,23). The number of aromatic amines is 1. The first-order valence-electron chi connectivity index (χ1n) is 7.40. The van der Waals surface area contributed by atoms with E-state index in [-0.39, 0.29) is 5.91 Å². The Bertz CT molecular complexity index is 965. The van der Waals surface area contributed by atoms with Gasteiger partial charge in [-0.05, 0) is 41.5 Å². The number of aromatic nitrogens is 1. The van der Waals surface area contributed by atoms with E-state index in [4.69, 9.17) is 5.26 Å². The SMILES string of the molecule is N#Cc1c[nH]c2ccc(C(=O)Nc3ccc4c(c3)CNC4)cc12. The van der Waals surface area contributed by atoms with E-state index < -0.39 is 0 Å². The van der Waals surface area contributed by atoms with Gasteiger partial charge in [0.2, 0.25) is 0 Å². The minimum atomic E-state index is -0.178. The van der Waals surface area contributed by atoms with Crippen LogP contribution < -0.4 is 10.6 Å². The molecule has 0 spiro atoms. The van der Waals surface area contributed by atoms with Crippen LogP contribution in [0.5, 0.6) is 0 Å². The molecule has 1 amide bonds. The molecule has 1 aliphatic rings. The number of nitrogens with one attached hydrogen (secondary N) is 3. The smallest absolute Gasteiger partial charge is 0.255 e. The van der Waals surface area contributed by atoms with E-state index in [1.165, 1.54) is 11.1 Å². The van der Waals surface area contributed by atoms with Gasteiger partial charge >= 0.3 is 0 Å². The third-order valence-corrected chi connectivity index (χ3v) is 4.16. The zero-order valence-electron chi connectivity index (χ0n) is 12.3. The Balaban J connectivity index is 1.63. The summed E-state index contributed by atoms with van der Waals surface area (Å²) in [4.78, 5) is 15.5. The number of hydrogen-bond donors (Lipinski definition) is 3. The van der Waals surface area contributed by atoms with Crippen LogP contribution in [0, 0.1) is 11.3 Å². The largest absolute Gasteiger partial charge is 0.360 e. The molecule has 0 bridgehead atoms. The van der Waals surface area contributed by atoms with Gasteiger partial charge in [-0.3, -0.25) is 4.79 Å². The topological polar surface area (TPSA) is 80.7 Å². The molecular formula is C18H14N4O. The molecule has 3 N–H and O–H groups in total. The summed E-state index contributed by atoms with van der Waals surface area (Å²) in [6.07, 6.45) is 1.65. The van der Waals surface area contributed by atoms with Crippen molar-refractivity contribution in [2.24, 2.45) is 0 Å². The van der Waals surface area contributed by atoms with Crippen molar-refractivity contribution in [2.75, 3.05) is 5.32 Å². The molecule has 2 heterocycles. The molecule has 5 heteroatoms. The van der Waals surface area contributed by atoms with Crippen molar-refractivity contribution < 1.29 is 4.79 Å². The van der Waals surface area contributed by atoms with Gasteiger partial charge in [-0.25, -0.2) is 0 Å². The third-order valence-electron chi connectivity index (χ3n) is 4.16. The molecule has 112 valence electrons. The number of nitriles is 1. The van der Waals surface area contributed by atoms with Crippen molar-refractivity contribution in [2.45, 2.75) is 13.1 Å². The van der Waals surface area contributed by atoms with E-state index in [0.29, 0.717) is 11.1 Å². The molecule has 3 aromatic rings. The van der Waals surface area contributed by atoms with E-state index in [0.717, 1.165) is 29.7 Å². The molecule has 2 aromatic carbocycles. The van der Waals surface area contributed by atoms with Gasteiger partial charge in [0, 0.05) is 41.4 Å². The van der Waals surface area contributed by atoms with Crippen molar-refractivity contribution in [3.05, 3.63) is 64.8 Å². The minimum Gasteiger partial charge on any atom is -0.360 e. The van der Waals surface area contributed by atoms with Gasteiger partial charge in [-0.1, -0.05) is 6.07 Å². The van der Waals surface area contributed by atoms with Gasteiger partial charge in [-0.2, -0.15) is 5.26 Å². The lowest BCUT2D eigenvalue weighted by atomic mass is 10.1. The molecule has 23 heavy (non-hydrogen) atoms. The van der Waals surface area contributed by atoms with E-state index in [1.807, 2.05) is 24.3 Å². The lowest BCUT2D eigenvalue weighted by Crippen LogP contribution is -2.12. The average Bonchev–Trinajstić information content (AvgIpc) is 3.19. The number of carbonyl (C=O) groups excluding carboxylic acids is 1. The highest BCUT2D eigenvalue weighted by atomic mass is 16.1. The first-order chi connectivity index (χ1) is 11.2. The van der Waals surface area contributed by atoms with E-state index in [2.05, 4.69) is 21.7 Å². The maximum absolute atomic E-state index is 12.5. The Kier molecular flexibility index (Phi) is 3.11. The summed E-state index contributed by atoms with van der Waals surface area (Å²) < 4.78 is 0. The fourth-order valence-electron chi connectivity index (χ4n) is 2.93. The molecule has 0 atom stereocenters. The second-order valence-corrected chi connectivity index (χ2v) is 5.62. The predicted octanol–water partition coefficient (Wildman–Crippen LogP) is 2.90. The summed E-state index contributed by atoms with van der Waals surface area (Å²) in [6, 6.07) is 13.4. The highest BCUT2D eigenvalue weighted by molar-refractivity contribution is 6.06. The van der Waals surface area contributed by atoms with Gasteiger partial charge < -0.3 is 15.6 Å². The van der Waals surface area contributed by atoms with Crippen molar-refractivity contribution in [3.8, 4) is 6.07 Å². The normalized spacial score (nSPS) is 12.8. The number of rotatable bonds is 2. The second kappa shape index (κ2) is 5.27. The zero-order valence-corrected chi connectivity index (χ0v) is 12.3. The molecule has 5 nitrogen and oxygen atoms in total. The number of H-pyrrole nitrogens is 1. The quantitative estimate of drug-likeness (QED) is 0.681. The van der Waals surface area contributed by atoms with E-state index in [9.17, 15) is 4.79 Å². The third kappa shape index (κ3) is 2.35. The summed E-state index contributed by atoms with van der Waals surface area (Å²) in [6.45, 7) is 1.71. The molecule has 0 aliphatic carbocycles. The lowest BCUT2D eigenvalue weighted by molar-refractivity contribution is 0.102. The molecule has 0 saturated heterocycles. The summed E-state index contributed by atoms with van der Waals surface area (Å²) in [7, 11) is 0. The van der Waals surface area contributed by atoms with Gasteiger partial charge in [-0.15, -0.1) is 0 Å². The molecule has 0 radical (unpaired) electrons. The average molecular weight is 302 g/mol. The van der Waals surface area contributed by atoms with Crippen molar-refractivity contribution in [3.63, 3.8) is 0 Å². The van der Waals surface area contributed by atoms with Crippen LogP contribution in [0.3, 0.4) is 0 Å². The Morgan fingerprint density at radius 1 is 1.13 bits per heavy atom. The Morgan fingerprint density at radius 2 is 2.00 bits per heavy atom. The number of benzene rings is 2. The Hall–Kier alpha value is -3.10. The maximum atomic E-state index is 12.5. The van der Waals surface area contributed by atoms with Crippen LogP contribution in [0.15, 0.2) is 42.6 Å². The van der Waals surface area contributed by atoms with Crippen LogP contribution in [0.1, 0.15) is 27.0 Å². The maximum Gasteiger partial charge on any atom is 0.255 e. The van der Waals surface area contributed by atoms with Crippen LogP contribution in [-0.2, 0) is 13.1 Å². The predicted molar refractivity (Wildman–Crippen MR) is 88.0 cm³/mol. The summed E-state index contributed by atoms with van der Waals surface area (Å²) in [5.74, 6) is -0.178. The molecule has 1 aromatic heterocycles. The number of amides is 1. The van der Waals surface area contributed by atoms with E-state index >= 15 is 0 Å². The molecular weight excluding hydrogens is 288 g/mol. The fraction of sp³-hybridized carbons (Fsp3) is 0.111.